The van der Waals surface area contributed by atoms with Crippen LogP contribution >= 0.6 is 23.4 Å². The van der Waals surface area contributed by atoms with E-state index in [1.807, 2.05) is 29.7 Å². The van der Waals surface area contributed by atoms with Gasteiger partial charge in [0.15, 0.2) is 0 Å². The number of halogens is 1. The lowest BCUT2D eigenvalue weighted by atomic mass is 9.97. The number of benzene rings is 2. The Morgan fingerprint density at radius 2 is 1.56 bits per heavy atom. The van der Waals surface area contributed by atoms with Crippen LogP contribution in [0.4, 0.5) is 0 Å². The van der Waals surface area contributed by atoms with E-state index in [2.05, 4.69) is 36.4 Å². The van der Waals surface area contributed by atoms with Crippen LogP contribution in [0.5, 0.6) is 0 Å². The smallest absolute Gasteiger partial charge is 0.0496 e. The average Bonchev–Trinajstić information content (AvgIpc) is 2.58. The van der Waals surface area contributed by atoms with Crippen LogP contribution in [0.25, 0.3) is 5.57 Å². The maximum absolute atomic E-state index is 6.43. The lowest BCUT2D eigenvalue weighted by Gasteiger charge is -2.11. The molecule has 18 heavy (non-hydrogen) atoms. The van der Waals surface area contributed by atoms with Gasteiger partial charge >= 0.3 is 0 Å². The lowest BCUT2D eigenvalue weighted by Crippen LogP contribution is -1.91. The van der Waals surface area contributed by atoms with Gasteiger partial charge in [-0.3, -0.25) is 0 Å². The van der Waals surface area contributed by atoms with Gasteiger partial charge in [0.1, 0.15) is 0 Å². The highest BCUT2D eigenvalue weighted by atomic mass is 35.5. The van der Waals surface area contributed by atoms with Crippen LogP contribution in [0.2, 0.25) is 0 Å². The molecule has 0 saturated carbocycles. The molecule has 0 amide bonds. The minimum Gasteiger partial charge on any atom is -0.0974 e. The largest absolute Gasteiger partial charge is 0.0974 e. The zero-order valence-corrected chi connectivity index (χ0v) is 11.2. The first-order chi connectivity index (χ1) is 8.86. The van der Waals surface area contributed by atoms with Gasteiger partial charge in [-0.2, -0.15) is 0 Å². The van der Waals surface area contributed by atoms with Crippen molar-refractivity contribution in [1.82, 2.24) is 0 Å². The summed E-state index contributed by atoms with van der Waals surface area (Å²) >= 11 is 8.13. The van der Waals surface area contributed by atoms with Crippen molar-refractivity contribution in [1.29, 1.82) is 0 Å². The topological polar surface area (TPSA) is 0 Å². The molecule has 0 bridgehead atoms. The molecule has 0 radical (unpaired) electrons. The fourth-order valence-corrected chi connectivity index (χ4v) is 3.21. The molecule has 0 spiro atoms. The third-order valence-corrected chi connectivity index (χ3v) is 4.06. The van der Waals surface area contributed by atoms with Crippen molar-refractivity contribution in [2.45, 2.75) is 4.90 Å². The third-order valence-electron chi connectivity index (χ3n) is 2.87. The molecule has 0 atom stereocenters. The zero-order chi connectivity index (χ0) is 12.4. The van der Waals surface area contributed by atoms with Crippen LogP contribution in [0.3, 0.4) is 0 Å². The van der Waals surface area contributed by atoms with Gasteiger partial charge in [-0.1, -0.05) is 71.9 Å². The molecule has 3 rings (SSSR count). The van der Waals surface area contributed by atoms with Gasteiger partial charge in [-0.15, -0.1) is 0 Å². The molecular weight excluding hydrogens is 260 g/mol. The van der Waals surface area contributed by atoms with Gasteiger partial charge in [-0.25, -0.2) is 0 Å². The molecule has 1 aliphatic rings. The van der Waals surface area contributed by atoms with Gasteiger partial charge in [0, 0.05) is 15.5 Å². The highest BCUT2D eigenvalue weighted by Gasteiger charge is 2.14. The summed E-state index contributed by atoms with van der Waals surface area (Å²) in [7, 11) is 0. The Kier molecular flexibility index (Phi) is 3.26. The van der Waals surface area contributed by atoms with E-state index >= 15 is 0 Å². The summed E-state index contributed by atoms with van der Waals surface area (Å²) < 4.78 is 0. The Bertz CT molecular complexity index is 627. The van der Waals surface area contributed by atoms with E-state index in [1.54, 1.807) is 11.8 Å². The van der Waals surface area contributed by atoms with Crippen molar-refractivity contribution in [3.05, 3.63) is 82.2 Å². The Morgan fingerprint density at radius 3 is 2.39 bits per heavy atom. The predicted molar refractivity (Wildman–Crippen MR) is 79.8 cm³/mol. The number of hydrogen-bond acceptors (Lipinski definition) is 1. The van der Waals surface area contributed by atoms with Crippen molar-refractivity contribution >= 4 is 28.9 Å². The molecule has 2 aromatic carbocycles. The van der Waals surface area contributed by atoms with E-state index < -0.39 is 0 Å². The Hall–Kier alpha value is -1.44. The van der Waals surface area contributed by atoms with Crippen LogP contribution < -0.4 is 0 Å². The van der Waals surface area contributed by atoms with Crippen molar-refractivity contribution in [3.8, 4) is 0 Å². The first-order valence-electron chi connectivity index (χ1n) is 5.74. The summed E-state index contributed by atoms with van der Waals surface area (Å²) in [4.78, 5) is 1.24. The molecule has 2 heteroatoms. The van der Waals surface area contributed by atoms with Crippen molar-refractivity contribution in [2.75, 3.05) is 0 Å². The molecule has 0 aromatic heterocycles. The minimum absolute atomic E-state index is 0.790. The maximum Gasteiger partial charge on any atom is 0.0496 e. The standard InChI is InChI=1S/C16H11ClS/c17-14-10-11-18-15-9-5-4-8-13(15)16(14)12-6-2-1-3-7-12/h1-11H. The molecule has 0 fully saturated rings. The van der Waals surface area contributed by atoms with E-state index in [-0.39, 0.29) is 0 Å². The summed E-state index contributed by atoms with van der Waals surface area (Å²) in [5.74, 6) is 0. The molecule has 1 heterocycles. The number of thioether (sulfide) groups is 1. The van der Waals surface area contributed by atoms with E-state index in [9.17, 15) is 0 Å². The van der Waals surface area contributed by atoms with Gasteiger partial charge in [0.05, 0.1) is 0 Å². The third kappa shape index (κ3) is 2.12. The van der Waals surface area contributed by atoms with E-state index in [0.29, 0.717) is 0 Å². The SMILES string of the molecule is ClC1=C(c2ccccc2)c2ccccc2SC=C1. The average molecular weight is 271 g/mol. The predicted octanol–water partition coefficient (Wildman–Crippen LogP) is 5.30. The molecule has 2 aromatic rings. The number of hydrogen-bond donors (Lipinski definition) is 0. The second-order valence-corrected chi connectivity index (χ2v) is 5.36. The molecule has 88 valence electrons. The molecular formula is C16H11ClS. The molecule has 0 N–H and O–H groups in total. The van der Waals surface area contributed by atoms with E-state index in [1.165, 1.54) is 10.5 Å². The summed E-state index contributed by atoms with van der Waals surface area (Å²) in [5, 5.41) is 2.83. The Labute approximate surface area is 116 Å². The number of allylic oxidation sites excluding steroid dienone is 2. The van der Waals surface area contributed by atoms with Gasteiger partial charge in [0.2, 0.25) is 0 Å². The Balaban J connectivity index is 2.26. The van der Waals surface area contributed by atoms with Crippen LogP contribution in [0.15, 0.2) is 76.0 Å². The summed E-state index contributed by atoms with van der Waals surface area (Å²) in [6, 6.07) is 18.7. The quantitative estimate of drug-likeness (QED) is 0.677. The highest BCUT2D eigenvalue weighted by Crippen LogP contribution is 2.38. The fraction of sp³-hybridized carbons (Fsp3) is 0. The van der Waals surface area contributed by atoms with E-state index in [0.717, 1.165) is 16.2 Å². The first kappa shape index (κ1) is 11.6. The molecule has 1 aliphatic heterocycles. The van der Waals surface area contributed by atoms with Gasteiger partial charge in [-0.05, 0) is 28.7 Å². The fourth-order valence-electron chi connectivity index (χ4n) is 2.05. The Morgan fingerprint density at radius 1 is 0.833 bits per heavy atom. The molecule has 0 nitrogen and oxygen atoms in total. The van der Waals surface area contributed by atoms with E-state index in [4.69, 9.17) is 11.6 Å². The molecule has 0 aliphatic carbocycles. The van der Waals surface area contributed by atoms with Gasteiger partial charge < -0.3 is 0 Å². The maximum atomic E-state index is 6.43. The van der Waals surface area contributed by atoms with Crippen LogP contribution in [-0.2, 0) is 0 Å². The lowest BCUT2D eigenvalue weighted by molar-refractivity contribution is 1.39. The molecule has 0 saturated heterocycles. The summed E-state index contributed by atoms with van der Waals surface area (Å²) in [6.45, 7) is 0. The normalized spacial score (nSPS) is 14.3. The number of fused-ring (bicyclic) bond motifs is 1. The van der Waals surface area contributed by atoms with Crippen LogP contribution in [-0.4, -0.2) is 0 Å². The molecule has 0 unspecified atom stereocenters. The summed E-state index contributed by atoms with van der Waals surface area (Å²) in [5.41, 5.74) is 3.46. The number of rotatable bonds is 1. The zero-order valence-electron chi connectivity index (χ0n) is 9.64. The second-order valence-electron chi connectivity index (χ2n) is 4.01. The summed E-state index contributed by atoms with van der Waals surface area (Å²) in [6.07, 6.45) is 1.97. The van der Waals surface area contributed by atoms with Crippen LogP contribution in [0.1, 0.15) is 11.1 Å². The first-order valence-corrected chi connectivity index (χ1v) is 7.00. The van der Waals surface area contributed by atoms with Gasteiger partial charge in [0.25, 0.3) is 0 Å². The van der Waals surface area contributed by atoms with Crippen molar-refractivity contribution < 1.29 is 0 Å². The van der Waals surface area contributed by atoms with Crippen molar-refractivity contribution in [2.24, 2.45) is 0 Å². The minimum atomic E-state index is 0.790. The monoisotopic (exact) mass is 270 g/mol. The highest BCUT2D eigenvalue weighted by molar-refractivity contribution is 8.02. The van der Waals surface area contributed by atoms with Crippen LogP contribution in [0, 0.1) is 0 Å². The van der Waals surface area contributed by atoms with Crippen molar-refractivity contribution in [3.63, 3.8) is 0 Å². The second kappa shape index (κ2) is 5.05.